The van der Waals surface area contributed by atoms with Crippen molar-refractivity contribution in [2.24, 2.45) is 0 Å². The third-order valence-corrected chi connectivity index (χ3v) is 8.73. The van der Waals surface area contributed by atoms with Crippen molar-refractivity contribution in [3.8, 4) is 0 Å². The van der Waals surface area contributed by atoms with Crippen molar-refractivity contribution in [1.29, 1.82) is 0 Å². The van der Waals surface area contributed by atoms with Gasteiger partial charge in [-0.15, -0.1) is 11.8 Å². The normalized spacial score (nSPS) is 11.7. The van der Waals surface area contributed by atoms with E-state index in [4.69, 9.17) is 28.3 Å². The average molecular weight is 697 g/mol. The van der Waals surface area contributed by atoms with E-state index in [0.717, 1.165) is 10.5 Å². The number of thioether (sulfide) groups is 1. The molecule has 8 nitrogen and oxygen atoms in total. The van der Waals surface area contributed by atoms with Crippen LogP contribution in [0.3, 0.4) is 0 Å². The van der Waals surface area contributed by atoms with E-state index in [2.05, 4.69) is 16.0 Å². The first-order valence-electron chi connectivity index (χ1n) is 14.5. The molecule has 0 saturated heterocycles. The second-order valence-corrected chi connectivity index (χ2v) is 12.3. The number of nitrogens with one attached hydrogen (secondary N) is 3. The number of aromatic carboxylic acids is 1. The van der Waals surface area contributed by atoms with Gasteiger partial charge < -0.3 is 21.1 Å². The van der Waals surface area contributed by atoms with Crippen molar-refractivity contribution < 1.29 is 24.3 Å². The molecule has 0 aliphatic carbocycles. The molecule has 240 valence electrons. The highest BCUT2D eigenvalue weighted by molar-refractivity contribution is 8.00. The van der Waals surface area contributed by atoms with Crippen molar-refractivity contribution in [2.75, 3.05) is 10.6 Å². The first kappa shape index (κ1) is 34.0. The Balaban J connectivity index is 1.33. The Morgan fingerprint density at radius 2 is 1.29 bits per heavy atom. The molecule has 11 heteroatoms. The van der Waals surface area contributed by atoms with Gasteiger partial charge in [0.15, 0.2) is 0 Å². The molecule has 0 aliphatic heterocycles. The van der Waals surface area contributed by atoms with E-state index in [-0.39, 0.29) is 17.2 Å². The van der Waals surface area contributed by atoms with Gasteiger partial charge in [0.2, 0.25) is 5.91 Å². The van der Waals surface area contributed by atoms with Crippen LogP contribution in [0, 0.1) is 0 Å². The molecule has 5 aromatic rings. The quantitative estimate of drug-likeness (QED) is 0.0811. The summed E-state index contributed by atoms with van der Waals surface area (Å²) in [7, 11) is 0. The summed E-state index contributed by atoms with van der Waals surface area (Å²) in [6, 6.07) is 35.4. The number of carboxylic acid groups (broad SMARTS) is 1. The van der Waals surface area contributed by atoms with E-state index in [9.17, 15) is 19.2 Å². The summed E-state index contributed by atoms with van der Waals surface area (Å²) in [5.74, 6) is -2.41. The van der Waals surface area contributed by atoms with Crippen LogP contribution in [-0.4, -0.2) is 28.8 Å². The molecule has 0 heterocycles. The summed E-state index contributed by atoms with van der Waals surface area (Å²) in [4.78, 5) is 51.8. The molecule has 3 amide bonds. The lowest BCUT2D eigenvalue weighted by Gasteiger charge is -2.18. The molecule has 0 bridgehead atoms. The van der Waals surface area contributed by atoms with Gasteiger partial charge in [-0.25, -0.2) is 4.79 Å². The largest absolute Gasteiger partial charge is 0.478 e. The van der Waals surface area contributed by atoms with Crippen molar-refractivity contribution >= 4 is 76.1 Å². The van der Waals surface area contributed by atoms with E-state index >= 15 is 0 Å². The minimum atomic E-state index is -1.06. The van der Waals surface area contributed by atoms with Gasteiger partial charge in [-0.05, 0) is 90.0 Å². The summed E-state index contributed by atoms with van der Waals surface area (Å²) in [5.41, 5.74) is 2.61. The van der Waals surface area contributed by atoms with Crippen LogP contribution in [0.1, 0.15) is 37.1 Å². The van der Waals surface area contributed by atoms with Crippen LogP contribution in [0.5, 0.6) is 0 Å². The lowest BCUT2D eigenvalue weighted by Crippen LogP contribution is -2.30. The smallest absolute Gasteiger partial charge is 0.335 e. The first-order chi connectivity index (χ1) is 23.2. The number of halogens is 2. The Morgan fingerprint density at radius 1 is 0.688 bits per heavy atom. The molecule has 48 heavy (non-hydrogen) atoms. The number of anilines is 2. The second-order valence-electron chi connectivity index (χ2n) is 10.3. The third kappa shape index (κ3) is 9.13. The highest BCUT2D eigenvalue weighted by Crippen LogP contribution is 2.37. The van der Waals surface area contributed by atoms with Crippen LogP contribution in [0.4, 0.5) is 11.4 Å². The molecule has 5 rings (SSSR count). The van der Waals surface area contributed by atoms with Crippen molar-refractivity contribution in [3.63, 3.8) is 0 Å². The number of hydrogen-bond donors (Lipinski definition) is 4. The summed E-state index contributed by atoms with van der Waals surface area (Å²) in [6.45, 7) is 0. The van der Waals surface area contributed by atoms with Gasteiger partial charge in [0.25, 0.3) is 11.8 Å². The van der Waals surface area contributed by atoms with Crippen LogP contribution in [-0.2, 0) is 9.59 Å². The molecular weight excluding hydrogens is 669 g/mol. The number of carbonyl (C=O) groups is 4. The molecule has 1 unspecified atom stereocenters. The SMILES string of the molecule is O=C(Nc1ccc(SC(C(=O)Nc2ccc(C(=O)O)cc2)c2ccccc2)cc1)/C(=C/c1ccc(Cl)cc1Cl)NC(=O)c1ccccc1. The topological polar surface area (TPSA) is 125 Å². The Labute approximate surface area is 290 Å². The lowest BCUT2D eigenvalue weighted by molar-refractivity contribution is -0.116. The van der Waals surface area contributed by atoms with Crippen LogP contribution < -0.4 is 16.0 Å². The number of hydrogen-bond acceptors (Lipinski definition) is 5. The van der Waals surface area contributed by atoms with E-state index in [1.165, 1.54) is 48.2 Å². The Morgan fingerprint density at radius 3 is 1.92 bits per heavy atom. The highest BCUT2D eigenvalue weighted by atomic mass is 35.5. The summed E-state index contributed by atoms with van der Waals surface area (Å²) in [5, 5.41) is 17.6. The summed E-state index contributed by atoms with van der Waals surface area (Å²) >= 11 is 13.7. The molecule has 0 saturated carbocycles. The Bertz CT molecular complexity index is 1970. The van der Waals surface area contributed by atoms with Gasteiger partial charge in [-0.1, -0.05) is 77.8 Å². The summed E-state index contributed by atoms with van der Waals surface area (Å²) in [6.07, 6.45) is 1.47. The van der Waals surface area contributed by atoms with Gasteiger partial charge in [-0.3, -0.25) is 14.4 Å². The molecule has 0 aliphatic rings. The fraction of sp³-hybridized carbons (Fsp3) is 0.0270. The zero-order chi connectivity index (χ0) is 34.0. The molecule has 0 radical (unpaired) electrons. The molecule has 1 atom stereocenters. The highest BCUT2D eigenvalue weighted by Gasteiger charge is 2.23. The van der Waals surface area contributed by atoms with Gasteiger partial charge in [-0.2, -0.15) is 0 Å². The zero-order valence-electron chi connectivity index (χ0n) is 25.0. The van der Waals surface area contributed by atoms with Crippen molar-refractivity contribution in [2.45, 2.75) is 10.1 Å². The Hall–Kier alpha value is -5.35. The minimum absolute atomic E-state index is 0.0382. The second kappa shape index (κ2) is 16.0. The van der Waals surface area contributed by atoms with Gasteiger partial charge in [0.05, 0.1) is 5.56 Å². The third-order valence-electron chi connectivity index (χ3n) is 6.90. The van der Waals surface area contributed by atoms with Crippen molar-refractivity contribution in [1.82, 2.24) is 5.32 Å². The molecule has 0 spiro atoms. The van der Waals surface area contributed by atoms with Crippen LogP contribution in [0.2, 0.25) is 10.0 Å². The predicted molar refractivity (Wildman–Crippen MR) is 190 cm³/mol. The number of carbonyl (C=O) groups excluding carboxylic acids is 3. The first-order valence-corrected chi connectivity index (χ1v) is 16.1. The van der Waals surface area contributed by atoms with E-state index in [0.29, 0.717) is 32.5 Å². The van der Waals surface area contributed by atoms with Gasteiger partial charge >= 0.3 is 5.97 Å². The maximum absolute atomic E-state index is 13.5. The summed E-state index contributed by atoms with van der Waals surface area (Å²) < 4.78 is 0. The molecular formula is C37H27Cl2N3O5S. The fourth-order valence-corrected chi connectivity index (χ4v) is 5.96. The van der Waals surface area contributed by atoms with E-state index in [1.807, 2.05) is 30.3 Å². The van der Waals surface area contributed by atoms with E-state index < -0.39 is 23.0 Å². The maximum atomic E-state index is 13.5. The van der Waals surface area contributed by atoms with Gasteiger partial charge in [0, 0.05) is 31.9 Å². The average Bonchev–Trinajstić information content (AvgIpc) is 3.09. The predicted octanol–water partition coefficient (Wildman–Crippen LogP) is 8.57. The maximum Gasteiger partial charge on any atom is 0.335 e. The van der Waals surface area contributed by atoms with Crippen LogP contribution in [0.15, 0.2) is 138 Å². The Kier molecular flexibility index (Phi) is 11.3. The molecule has 4 N–H and O–H groups in total. The van der Waals surface area contributed by atoms with E-state index in [1.54, 1.807) is 66.7 Å². The number of benzene rings is 5. The van der Waals surface area contributed by atoms with Crippen LogP contribution in [0.25, 0.3) is 6.08 Å². The molecule has 5 aromatic carbocycles. The van der Waals surface area contributed by atoms with Crippen LogP contribution >= 0.6 is 35.0 Å². The number of carboxylic acids is 1. The monoisotopic (exact) mass is 695 g/mol. The van der Waals surface area contributed by atoms with Gasteiger partial charge in [0.1, 0.15) is 10.9 Å². The molecule has 0 aromatic heterocycles. The minimum Gasteiger partial charge on any atom is -0.478 e. The molecule has 0 fully saturated rings. The lowest BCUT2D eigenvalue weighted by atomic mass is 10.1. The standard InChI is InChI=1S/C37H27Cl2N3O5S/c38-27-14-11-26(31(39)22-27)21-32(42-34(43)24-9-5-2-6-10-24)35(44)40-29-17-19-30(20-18-29)48-33(23-7-3-1-4-8-23)36(45)41-28-15-12-25(13-16-28)37(46)47/h1-22,33H,(H,40,44)(H,41,45)(H,42,43)(H,46,47)/b32-21-. The number of amides is 3. The van der Waals surface area contributed by atoms with Crippen molar-refractivity contribution in [3.05, 3.63) is 165 Å². The number of rotatable bonds is 11. The fourth-order valence-electron chi connectivity index (χ4n) is 4.47. The zero-order valence-corrected chi connectivity index (χ0v) is 27.4.